The third kappa shape index (κ3) is 6.50. The van der Waals surface area contributed by atoms with Crippen molar-refractivity contribution in [1.29, 1.82) is 0 Å². The summed E-state index contributed by atoms with van der Waals surface area (Å²) in [5, 5.41) is 0. The monoisotopic (exact) mass is 230 g/mol. The Morgan fingerprint density at radius 1 is 1.50 bits per heavy atom. The Bertz CT molecular complexity index is 104. The first kappa shape index (κ1) is 8.50. The van der Waals surface area contributed by atoms with Crippen LogP contribution in [0.4, 0.5) is 0 Å². The van der Waals surface area contributed by atoms with Crippen LogP contribution in [0.2, 0.25) is 0 Å². The molecule has 8 heavy (non-hydrogen) atoms. The third-order valence-corrected chi connectivity index (χ3v) is 2.34. The van der Waals surface area contributed by atoms with E-state index in [1.165, 1.54) is 0 Å². The van der Waals surface area contributed by atoms with Gasteiger partial charge in [-0.2, -0.15) is 0 Å². The van der Waals surface area contributed by atoms with Crippen molar-refractivity contribution >= 4 is 20.1 Å². The zero-order valence-corrected chi connectivity index (χ0v) is 7.29. The van der Waals surface area contributed by atoms with Gasteiger partial charge >= 0.3 is 52.8 Å². The molecule has 0 rings (SSSR count). The summed E-state index contributed by atoms with van der Waals surface area (Å²) in [5.41, 5.74) is 0. The molecule has 0 aliphatic heterocycles. The van der Waals surface area contributed by atoms with Gasteiger partial charge in [-0.15, -0.1) is 0 Å². The first-order valence-corrected chi connectivity index (χ1v) is 6.52. The van der Waals surface area contributed by atoms with Crippen LogP contribution in [0.3, 0.4) is 0 Å². The van der Waals surface area contributed by atoms with Crippen LogP contribution < -0.4 is 0 Å². The first-order chi connectivity index (χ1) is 3.42. The van der Waals surface area contributed by atoms with E-state index in [9.17, 15) is 3.02 Å². The van der Waals surface area contributed by atoms with Crippen LogP contribution in [0, 0.1) is 0 Å². The van der Waals surface area contributed by atoms with Crippen molar-refractivity contribution in [2.45, 2.75) is 20.0 Å². The Morgan fingerprint density at radius 2 is 1.88 bits per heavy atom. The quantitative estimate of drug-likeness (QED) is 0.614. The van der Waals surface area contributed by atoms with Crippen LogP contribution in [-0.2, 0) is 6.03 Å². The molecule has 0 aliphatic rings. The fourth-order valence-corrected chi connectivity index (χ4v) is 1.84. The molecule has 0 aromatic carbocycles. The number of hydrogen-bond donors (Lipinski definition) is 2. The summed E-state index contributed by atoms with van der Waals surface area (Å²) >= 11 is -5.02. The fourth-order valence-electron chi connectivity index (χ4n) is 0.275. The Balaban J connectivity index is 3.56. The van der Waals surface area contributed by atoms with Crippen LogP contribution >= 0.6 is 0 Å². The van der Waals surface area contributed by atoms with Gasteiger partial charge in [-0.05, 0) is 0 Å². The summed E-state index contributed by atoms with van der Waals surface area (Å²) < 4.78 is 30.5. The molecule has 0 saturated carbocycles. The van der Waals surface area contributed by atoms with Crippen LogP contribution in [0.1, 0.15) is 13.8 Å². The minimum absolute atomic E-state index is 0.381. The second kappa shape index (κ2) is 2.87. The van der Waals surface area contributed by atoms with Gasteiger partial charge in [0.25, 0.3) is 0 Å². The van der Waals surface area contributed by atoms with Crippen molar-refractivity contribution < 1.29 is 12.8 Å². The molecule has 0 atom stereocenters. The molecule has 0 aromatic heterocycles. The maximum atomic E-state index is 10.0. The zero-order chi connectivity index (χ0) is 6.78. The molecule has 4 nitrogen and oxygen atoms in total. The van der Waals surface area contributed by atoms with Gasteiger partial charge in [0.05, 0.1) is 0 Å². The molecule has 0 aromatic rings. The van der Waals surface area contributed by atoms with E-state index in [1.807, 2.05) is 0 Å². The molecule has 2 N–H and O–H groups in total. The Morgan fingerprint density at radius 3 is 1.88 bits per heavy atom. The maximum absolute atomic E-state index is 10.0. The van der Waals surface area contributed by atoms with Crippen molar-refractivity contribution in [3.8, 4) is 0 Å². The van der Waals surface area contributed by atoms with Crippen molar-refractivity contribution in [2.75, 3.05) is 0 Å². The SMILES string of the molecule is CC(C)[O][Sb](=[O])([OH])[OH]. The number of hydrogen-bond acceptors (Lipinski definition) is 2. The summed E-state index contributed by atoms with van der Waals surface area (Å²) in [6.07, 6.45) is -0.381. The van der Waals surface area contributed by atoms with Gasteiger partial charge in [-0.25, -0.2) is 0 Å². The van der Waals surface area contributed by atoms with Gasteiger partial charge in [0, 0.05) is 0 Å². The molecule has 5 heteroatoms. The van der Waals surface area contributed by atoms with E-state index < -0.39 is 20.1 Å². The molecular formula is C3H9O4Sb. The molecule has 0 saturated heterocycles. The summed E-state index contributed by atoms with van der Waals surface area (Å²) in [6, 6.07) is 0. The topological polar surface area (TPSA) is 66.8 Å². The molecule has 0 radical (unpaired) electrons. The predicted molar refractivity (Wildman–Crippen MR) is 27.1 cm³/mol. The predicted octanol–water partition coefficient (Wildman–Crippen LogP) is -0.738. The van der Waals surface area contributed by atoms with Gasteiger partial charge < -0.3 is 0 Å². The van der Waals surface area contributed by atoms with Crippen molar-refractivity contribution in [3.63, 3.8) is 0 Å². The summed E-state index contributed by atoms with van der Waals surface area (Å²) in [6.45, 7) is 3.15. The summed E-state index contributed by atoms with van der Waals surface area (Å²) in [5.74, 6) is 0. The zero-order valence-electron chi connectivity index (χ0n) is 4.74. The summed E-state index contributed by atoms with van der Waals surface area (Å²) in [7, 11) is 0. The van der Waals surface area contributed by atoms with Gasteiger partial charge in [-0.1, -0.05) is 0 Å². The van der Waals surface area contributed by atoms with Crippen LogP contribution in [0.25, 0.3) is 0 Å². The molecule has 0 spiro atoms. The average molecular weight is 231 g/mol. The fraction of sp³-hybridized carbons (Fsp3) is 1.00. The second-order valence-electron chi connectivity index (χ2n) is 1.64. The van der Waals surface area contributed by atoms with Crippen molar-refractivity contribution in [2.24, 2.45) is 0 Å². The Hall–Kier alpha value is 0.498. The second-order valence-corrected chi connectivity index (χ2v) is 5.05. The van der Waals surface area contributed by atoms with E-state index in [1.54, 1.807) is 13.8 Å². The van der Waals surface area contributed by atoms with E-state index in [0.717, 1.165) is 0 Å². The van der Waals surface area contributed by atoms with E-state index in [0.29, 0.717) is 0 Å². The van der Waals surface area contributed by atoms with Gasteiger partial charge in [0.15, 0.2) is 0 Å². The molecule has 0 aliphatic carbocycles. The molecule has 0 bridgehead atoms. The number of rotatable bonds is 2. The van der Waals surface area contributed by atoms with Gasteiger partial charge in [0.2, 0.25) is 0 Å². The summed E-state index contributed by atoms with van der Waals surface area (Å²) in [4.78, 5) is 0. The van der Waals surface area contributed by atoms with E-state index >= 15 is 0 Å². The molecular weight excluding hydrogens is 222 g/mol. The van der Waals surface area contributed by atoms with E-state index in [2.05, 4.69) is 3.02 Å². The minimum atomic E-state index is -5.02. The average Bonchev–Trinajstić information content (AvgIpc) is 1.21. The molecule has 50 valence electrons. The Labute approximate surface area is 53.2 Å². The molecule has 0 amide bonds. The first-order valence-electron chi connectivity index (χ1n) is 2.16. The molecule has 0 unspecified atom stereocenters. The normalized spacial score (nSPS) is 12.6. The van der Waals surface area contributed by atoms with Gasteiger partial charge in [0.1, 0.15) is 0 Å². The van der Waals surface area contributed by atoms with Gasteiger partial charge in [-0.3, -0.25) is 0 Å². The van der Waals surface area contributed by atoms with Crippen LogP contribution in [0.5, 0.6) is 0 Å². The van der Waals surface area contributed by atoms with Crippen molar-refractivity contribution in [3.05, 3.63) is 0 Å². The van der Waals surface area contributed by atoms with E-state index in [4.69, 9.17) is 6.77 Å². The van der Waals surface area contributed by atoms with E-state index in [-0.39, 0.29) is 6.10 Å². The Kier molecular flexibility index (Phi) is 3.05. The third-order valence-electron chi connectivity index (χ3n) is 0.348. The van der Waals surface area contributed by atoms with Crippen LogP contribution in [-0.4, -0.2) is 32.9 Å². The van der Waals surface area contributed by atoms with Crippen molar-refractivity contribution in [1.82, 2.24) is 0 Å². The standard InChI is InChI=1S/C3H7O.2H2O.O.Sb/c1-3(2)4;;;;/h3H,1-2H3;2*1H2;;/q-1;;;;+3/p-2. The molecule has 0 heterocycles. The molecule has 0 fully saturated rings. The van der Waals surface area contributed by atoms with Crippen LogP contribution in [0.15, 0.2) is 0 Å².